The van der Waals surface area contributed by atoms with Crippen LogP contribution in [0.25, 0.3) is 11.0 Å². The van der Waals surface area contributed by atoms with Crippen LogP contribution < -0.4 is 16.0 Å². The first-order valence-electron chi connectivity index (χ1n) is 14.6. The van der Waals surface area contributed by atoms with E-state index in [4.69, 9.17) is 9.61 Å². The molecule has 1 saturated heterocycles. The Kier molecular flexibility index (Phi) is 6.95. The van der Waals surface area contributed by atoms with Crippen LogP contribution in [0.1, 0.15) is 85.1 Å². The fraction of sp³-hybridized carbons (Fsp3) is 0.586. The summed E-state index contributed by atoms with van der Waals surface area (Å²) < 4.78 is 4.75. The van der Waals surface area contributed by atoms with Crippen molar-refractivity contribution in [2.24, 2.45) is 11.8 Å². The molecule has 1 aromatic carbocycles. The Labute approximate surface area is 238 Å². The number of amides is 4. The van der Waals surface area contributed by atoms with E-state index >= 15 is 0 Å². The van der Waals surface area contributed by atoms with Crippen molar-refractivity contribution >= 4 is 28.9 Å². The molecule has 4 N–H and O–H groups in total. The molecular weight excluding hydrogens is 524 g/mol. The molecule has 2 aromatic heterocycles. The Bertz CT molecular complexity index is 1440. The summed E-state index contributed by atoms with van der Waals surface area (Å²) in [5.41, 5.74) is 3.25. The van der Waals surface area contributed by atoms with E-state index < -0.39 is 5.54 Å². The molecule has 2 fully saturated rings. The van der Waals surface area contributed by atoms with Gasteiger partial charge in [0.25, 0.3) is 5.91 Å². The van der Waals surface area contributed by atoms with Crippen molar-refractivity contribution in [3.8, 4) is 0 Å². The zero-order chi connectivity index (χ0) is 28.9. The molecule has 41 heavy (non-hydrogen) atoms. The number of carbonyl (C=O) groups excluding carboxylic acids is 3. The number of rotatable bonds is 7. The summed E-state index contributed by atoms with van der Waals surface area (Å²) in [6, 6.07) is 3.55. The number of nitrogens with zero attached hydrogens (tertiary/aromatic N) is 4. The van der Waals surface area contributed by atoms with Crippen molar-refractivity contribution in [1.82, 2.24) is 41.1 Å². The molecule has 218 valence electrons. The predicted octanol–water partition coefficient (Wildman–Crippen LogP) is 2.94. The lowest BCUT2D eigenvalue weighted by Gasteiger charge is -2.36. The maximum Gasteiger partial charge on any atom is 0.318 e. The fourth-order valence-corrected chi connectivity index (χ4v) is 6.87. The lowest BCUT2D eigenvalue weighted by molar-refractivity contribution is -0.130. The Morgan fingerprint density at radius 2 is 1.85 bits per heavy atom. The number of urea groups is 1. The van der Waals surface area contributed by atoms with Gasteiger partial charge in [-0.25, -0.2) is 14.4 Å². The Balaban J connectivity index is 1.32. The molecule has 3 atom stereocenters. The molecule has 0 bridgehead atoms. The number of nitrogens with one attached hydrogen (secondary N) is 4. The van der Waals surface area contributed by atoms with Gasteiger partial charge in [-0.05, 0) is 60.0 Å². The number of carbonyl (C=O) groups is 3. The Morgan fingerprint density at radius 1 is 1.12 bits per heavy atom. The van der Waals surface area contributed by atoms with Gasteiger partial charge in [0.2, 0.25) is 5.91 Å². The molecule has 0 radical (unpaired) electrons. The van der Waals surface area contributed by atoms with E-state index in [1.807, 2.05) is 12.1 Å². The van der Waals surface area contributed by atoms with Crippen molar-refractivity contribution < 1.29 is 19.0 Å². The molecule has 0 spiro atoms. The third-order valence-electron chi connectivity index (χ3n) is 9.26. The lowest BCUT2D eigenvalue weighted by atomic mass is 9.83. The fourth-order valence-electron chi connectivity index (χ4n) is 6.87. The van der Waals surface area contributed by atoms with Gasteiger partial charge in [0, 0.05) is 26.4 Å². The zero-order valence-electron chi connectivity index (χ0n) is 24.0. The first-order valence-corrected chi connectivity index (χ1v) is 14.6. The highest BCUT2D eigenvalue weighted by Gasteiger charge is 2.53. The third kappa shape index (κ3) is 4.72. The quantitative estimate of drug-likeness (QED) is 0.345. The molecule has 3 heterocycles. The standard InChI is InChI=1S/C29H38N8O4/c1-15(2)22-14-37(28(40)33-22)29(27(39)30-4)12-18-10-20-21(11-19(18)13-29)32-25(31-20)24(17-8-6-5-7-9-17)34-26(38)23-16(3)35-41-36-23/h10-11,15,17,22,24H,5-9,12-14H2,1-4H3,(H,30,39)(H,31,32)(H,33,40)(H,34,38)/t22?,24-/m0/s1. The average molecular weight is 563 g/mol. The van der Waals surface area contributed by atoms with Crippen LogP contribution in [0.4, 0.5) is 4.79 Å². The molecule has 4 amide bonds. The van der Waals surface area contributed by atoms with E-state index in [1.165, 1.54) is 6.42 Å². The Morgan fingerprint density at radius 3 is 2.49 bits per heavy atom. The molecule has 2 unspecified atom stereocenters. The summed E-state index contributed by atoms with van der Waals surface area (Å²) in [5, 5.41) is 16.6. The number of hydrogen-bond donors (Lipinski definition) is 4. The Hall–Kier alpha value is -3.96. The second-order valence-corrected chi connectivity index (χ2v) is 12.2. The number of benzene rings is 1. The monoisotopic (exact) mass is 562 g/mol. The highest BCUT2D eigenvalue weighted by molar-refractivity contribution is 5.94. The first-order chi connectivity index (χ1) is 19.7. The molecule has 3 aromatic rings. The van der Waals surface area contributed by atoms with Crippen molar-refractivity contribution in [2.75, 3.05) is 13.6 Å². The number of H-pyrrole nitrogens is 1. The number of aryl methyl sites for hydroxylation is 1. The van der Waals surface area contributed by atoms with Crippen LogP contribution in [-0.2, 0) is 17.6 Å². The van der Waals surface area contributed by atoms with Gasteiger partial charge in [0.15, 0.2) is 5.69 Å². The number of hydrogen-bond acceptors (Lipinski definition) is 7. The second kappa shape index (κ2) is 10.5. The zero-order valence-corrected chi connectivity index (χ0v) is 24.0. The molecule has 2 aliphatic carbocycles. The van der Waals surface area contributed by atoms with Gasteiger partial charge < -0.3 is 25.8 Å². The largest absolute Gasteiger partial charge is 0.357 e. The van der Waals surface area contributed by atoms with Crippen LogP contribution in [0.5, 0.6) is 0 Å². The molecular formula is C29H38N8O4. The van der Waals surface area contributed by atoms with Gasteiger partial charge in [-0.1, -0.05) is 38.3 Å². The maximum atomic E-state index is 13.4. The number of aromatic nitrogens is 4. The van der Waals surface area contributed by atoms with Gasteiger partial charge in [-0.2, -0.15) is 0 Å². The second-order valence-electron chi connectivity index (χ2n) is 12.2. The van der Waals surface area contributed by atoms with Gasteiger partial charge >= 0.3 is 6.03 Å². The smallest absolute Gasteiger partial charge is 0.318 e. The average Bonchev–Trinajstić information content (AvgIpc) is 3.74. The summed E-state index contributed by atoms with van der Waals surface area (Å²) >= 11 is 0. The van der Waals surface area contributed by atoms with Gasteiger partial charge in [-0.3, -0.25) is 9.59 Å². The minimum Gasteiger partial charge on any atom is -0.357 e. The molecule has 1 aliphatic heterocycles. The molecule has 12 nitrogen and oxygen atoms in total. The predicted molar refractivity (Wildman–Crippen MR) is 150 cm³/mol. The van der Waals surface area contributed by atoms with Crippen molar-refractivity contribution in [3.05, 3.63) is 40.5 Å². The van der Waals surface area contributed by atoms with Gasteiger partial charge in [0.05, 0.1) is 23.1 Å². The number of likely N-dealkylation sites (N-methyl/N-ethyl adjacent to an activating group) is 1. The lowest BCUT2D eigenvalue weighted by Crippen LogP contribution is -2.60. The van der Waals surface area contributed by atoms with E-state index in [0.29, 0.717) is 30.9 Å². The van der Waals surface area contributed by atoms with Crippen LogP contribution >= 0.6 is 0 Å². The van der Waals surface area contributed by atoms with Crippen molar-refractivity contribution in [3.63, 3.8) is 0 Å². The van der Waals surface area contributed by atoms with E-state index in [9.17, 15) is 14.4 Å². The molecule has 12 heteroatoms. The highest BCUT2D eigenvalue weighted by atomic mass is 16.6. The maximum absolute atomic E-state index is 13.4. The molecule has 6 rings (SSSR count). The van der Waals surface area contributed by atoms with Gasteiger partial charge in [-0.15, -0.1) is 0 Å². The minimum atomic E-state index is -0.992. The van der Waals surface area contributed by atoms with Crippen LogP contribution in [0.15, 0.2) is 16.8 Å². The first kappa shape index (κ1) is 27.2. The minimum absolute atomic E-state index is 0.00433. The summed E-state index contributed by atoms with van der Waals surface area (Å²) in [4.78, 5) is 49.7. The van der Waals surface area contributed by atoms with E-state index in [2.05, 4.69) is 45.1 Å². The van der Waals surface area contributed by atoms with Crippen molar-refractivity contribution in [2.45, 2.75) is 83.3 Å². The van der Waals surface area contributed by atoms with E-state index in [1.54, 1.807) is 18.9 Å². The highest BCUT2D eigenvalue weighted by Crippen LogP contribution is 2.40. The third-order valence-corrected chi connectivity index (χ3v) is 9.26. The number of imidazole rings is 1. The number of aromatic amines is 1. The summed E-state index contributed by atoms with van der Waals surface area (Å²) in [7, 11) is 1.62. The summed E-state index contributed by atoms with van der Waals surface area (Å²) in [5.74, 6) is 0.708. The summed E-state index contributed by atoms with van der Waals surface area (Å²) in [6.07, 6.45) is 6.25. The summed E-state index contributed by atoms with van der Waals surface area (Å²) in [6.45, 7) is 6.32. The van der Waals surface area contributed by atoms with Crippen LogP contribution in [0.3, 0.4) is 0 Å². The number of fused-ring (bicyclic) bond motifs is 2. The normalized spacial score (nSPS) is 21.2. The van der Waals surface area contributed by atoms with Crippen LogP contribution in [0.2, 0.25) is 0 Å². The topological polar surface area (TPSA) is 158 Å². The van der Waals surface area contributed by atoms with E-state index in [0.717, 1.165) is 47.8 Å². The van der Waals surface area contributed by atoms with Crippen molar-refractivity contribution in [1.29, 1.82) is 0 Å². The van der Waals surface area contributed by atoms with Gasteiger partial charge in [0.1, 0.15) is 17.1 Å². The van der Waals surface area contributed by atoms with Crippen LogP contribution in [0, 0.1) is 18.8 Å². The van der Waals surface area contributed by atoms with Crippen LogP contribution in [-0.4, -0.2) is 68.2 Å². The molecule has 3 aliphatic rings. The SMILES string of the molecule is CNC(=O)C1(N2CC(C(C)C)NC2=O)Cc2cc3nc([C@@H](NC(=O)c4nonc4C)C4CCCCC4)[nH]c3cc2C1. The van der Waals surface area contributed by atoms with E-state index in [-0.39, 0.29) is 47.5 Å². The molecule has 1 saturated carbocycles.